The van der Waals surface area contributed by atoms with Crippen molar-refractivity contribution in [1.29, 1.82) is 0 Å². The highest BCUT2D eigenvalue weighted by molar-refractivity contribution is 5.90. The number of ether oxygens (including phenoxy) is 1. The second-order valence-electron chi connectivity index (χ2n) is 7.04. The van der Waals surface area contributed by atoms with E-state index in [1.807, 2.05) is 20.8 Å². The van der Waals surface area contributed by atoms with E-state index in [2.05, 4.69) is 15.1 Å². The van der Waals surface area contributed by atoms with Gasteiger partial charge in [-0.15, -0.1) is 0 Å². The molecule has 3 rings (SSSR count). The van der Waals surface area contributed by atoms with Crippen molar-refractivity contribution >= 4 is 17.9 Å². The SMILES string of the molecule is CC(C)(C)OC(=O)N1CC(n2cc(-c3cnc(N)c(C(=O)O)n3)cn2)C1. The summed E-state index contributed by atoms with van der Waals surface area (Å²) in [7, 11) is 0. The number of likely N-dealkylation sites (tertiary alicyclic amines) is 1. The smallest absolute Gasteiger partial charge is 0.410 e. The number of anilines is 1. The van der Waals surface area contributed by atoms with Crippen molar-refractivity contribution in [2.24, 2.45) is 0 Å². The first kappa shape index (κ1) is 17.6. The van der Waals surface area contributed by atoms with Gasteiger partial charge in [0, 0.05) is 24.8 Å². The van der Waals surface area contributed by atoms with Gasteiger partial charge in [0.15, 0.2) is 11.5 Å². The molecule has 1 aliphatic heterocycles. The van der Waals surface area contributed by atoms with Crippen molar-refractivity contribution in [3.05, 3.63) is 24.3 Å². The number of carbonyl (C=O) groups excluding carboxylic acids is 1. The molecule has 0 aromatic carbocycles. The average molecular weight is 360 g/mol. The lowest BCUT2D eigenvalue weighted by molar-refractivity contribution is -0.000393. The number of aromatic carboxylic acids is 1. The van der Waals surface area contributed by atoms with Gasteiger partial charge in [-0.2, -0.15) is 5.10 Å². The van der Waals surface area contributed by atoms with Crippen LogP contribution in [-0.2, 0) is 4.74 Å². The van der Waals surface area contributed by atoms with E-state index >= 15 is 0 Å². The molecule has 1 aliphatic rings. The monoisotopic (exact) mass is 360 g/mol. The molecule has 2 aromatic rings. The maximum absolute atomic E-state index is 12.0. The molecule has 2 aromatic heterocycles. The van der Waals surface area contributed by atoms with Gasteiger partial charge in [-0.05, 0) is 20.8 Å². The lowest BCUT2D eigenvalue weighted by Gasteiger charge is -2.39. The Morgan fingerprint density at radius 2 is 2.00 bits per heavy atom. The fourth-order valence-electron chi connectivity index (χ4n) is 2.46. The maximum atomic E-state index is 12.0. The van der Waals surface area contributed by atoms with Crippen LogP contribution in [0.25, 0.3) is 11.3 Å². The van der Waals surface area contributed by atoms with Gasteiger partial charge in [0.05, 0.1) is 24.1 Å². The van der Waals surface area contributed by atoms with Crippen LogP contribution in [0, 0.1) is 0 Å². The third kappa shape index (κ3) is 3.58. The zero-order valence-electron chi connectivity index (χ0n) is 14.7. The third-order valence-electron chi connectivity index (χ3n) is 3.79. The van der Waals surface area contributed by atoms with Crippen LogP contribution in [0.1, 0.15) is 37.3 Å². The van der Waals surface area contributed by atoms with Gasteiger partial charge in [-0.3, -0.25) is 4.68 Å². The molecule has 0 saturated carbocycles. The number of aromatic nitrogens is 4. The normalized spacial score (nSPS) is 14.8. The van der Waals surface area contributed by atoms with Crippen molar-refractivity contribution in [3.8, 4) is 11.3 Å². The highest BCUT2D eigenvalue weighted by atomic mass is 16.6. The zero-order chi connectivity index (χ0) is 19.1. The minimum atomic E-state index is -1.24. The number of carboxylic acids is 1. The minimum absolute atomic E-state index is 0.0250. The molecule has 138 valence electrons. The molecule has 0 radical (unpaired) electrons. The molecule has 0 unspecified atom stereocenters. The summed E-state index contributed by atoms with van der Waals surface area (Å²) in [5, 5.41) is 13.4. The highest BCUT2D eigenvalue weighted by Gasteiger charge is 2.35. The molecule has 0 atom stereocenters. The van der Waals surface area contributed by atoms with Crippen molar-refractivity contribution in [2.45, 2.75) is 32.4 Å². The second kappa shape index (κ2) is 6.28. The number of nitrogen functional groups attached to an aromatic ring is 1. The number of hydrogen-bond donors (Lipinski definition) is 2. The van der Waals surface area contributed by atoms with E-state index in [1.54, 1.807) is 22.0 Å². The number of nitrogens with zero attached hydrogens (tertiary/aromatic N) is 5. The molecule has 26 heavy (non-hydrogen) atoms. The predicted octanol–water partition coefficient (Wildman–Crippen LogP) is 1.41. The van der Waals surface area contributed by atoms with E-state index in [9.17, 15) is 9.59 Å². The van der Waals surface area contributed by atoms with Crippen LogP contribution in [-0.4, -0.2) is 60.5 Å². The highest BCUT2D eigenvalue weighted by Crippen LogP contribution is 2.25. The van der Waals surface area contributed by atoms with Crippen LogP contribution in [0.3, 0.4) is 0 Å². The molecule has 0 aliphatic carbocycles. The molecule has 3 N–H and O–H groups in total. The topological polar surface area (TPSA) is 136 Å². The molecule has 1 fully saturated rings. The summed E-state index contributed by atoms with van der Waals surface area (Å²) >= 11 is 0. The van der Waals surface area contributed by atoms with E-state index in [-0.39, 0.29) is 23.6 Å². The van der Waals surface area contributed by atoms with E-state index in [4.69, 9.17) is 15.6 Å². The number of nitrogens with two attached hydrogens (primary N) is 1. The third-order valence-corrected chi connectivity index (χ3v) is 3.79. The van der Waals surface area contributed by atoms with Crippen molar-refractivity contribution < 1.29 is 19.4 Å². The first-order chi connectivity index (χ1) is 12.1. The zero-order valence-corrected chi connectivity index (χ0v) is 14.7. The van der Waals surface area contributed by atoms with Crippen LogP contribution in [0.4, 0.5) is 10.6 Å². The van der Waals surface area contributed by atoms with E-state index in [1.165, 1.54) is 6.20 Å². The molecule has 10 heteroatoms. The quantitative estimate of drug-likeness (QED) is 0.838. The number of carbonyl (C=O) groups is 2. The Bertz CT molecular complexity index is 851. The molecule has 1 saturated heterocycles. The summed E-state index contributed by atoms with van der Waals surface area (Å²) in [6, 6.07) is 0.0250. The Hall–Kier alpha value is -3.17. The van der Waals surface area contributed by atoms with Gasteiger partial charge < -0.3 is 20.5 Å². The standard InChI is InChI=1S/C16H20N6O4/c1-16(2,3)26-15(25)21-7-10(8-21)22-6-9(4-19-22)11-5-18-13(17)12(20-11)14(23)24/h4-6,10H,7-8H2,1-3H3,(H2,17,18)(H,23,24). The summed E-state index contributed by atoms with van der Waals surface area (Å²) in [6.07, 6.45) is 4.36. The lowest BCUT2D eigenvalue weighted by Crippen LogP contribution is -2.52. The van der Waals surface area contributed by atoms with Crippen LogP contribution in [0.5, 0.6) is 0 Å². The molecule has 0 bridgehead atoms. The summed E-state index contributed by atoms with van der Waals surface area (Å²) in [4.78, 5) is 32.6. The van der Waals surface area contributed by atoms with E-state index in [0.29, 0.717) is 24.3 Å². The molecule has 3 heterocycles. The summed E-state index contributed by atoms with van der Waals surface area (Å²) in [5.74, 6) is -1.38. The fraction of sp³-hybridized carbons (Fsp3) is 0.438. The van der Waals surface area contributed by atoms with Gasteiger partial charge in [-0.1, -0.05) is 0 Å². The Labute approximate surface area is 149 Å². The minimum Gasteiger partial charge on any atom is -0.476 e. The molecule has 10 nitrogen and oxygen atoms in total. The molecule has 0 spiro atoms. The predicted molar refractivity (Wildman–Crippen MR) is 91.5 cm³/mol. The molecule has 1 amide bonds. The Kier molecular flexibility index (Phi) is 4.26. The Balaban J connectivity index is 1.68. The lowest BCUT2D eigenvalue weighted by atomic mass is 10.1. The van der Waals surface area contributed by atoms with Gasteiger partial charge in [0.25, 0.3) is 0 Å². The summed E-state index contributed by atoms with van der Waals surface area (Å²) in [6.45, 7) is 6.44. The van der Waals surface area contributed by atoms with Gasteiger partial charge in [-0.25, -0.2) is 19.6 Å². The van der Waals surface area contributed by atoms with Gasteiger partial charge in [0.1, 0.15) is 5.60 Å². The first-order valence-corrected chi connectivity index (χ1v) is 8.02. The largest absolute Gasteiger partial charge is 0.476 e. The molecular weight excluding hydrogens is 340 g/mol. The Morgan fingerprint density at radius 3 is 2.62 bits per heavy atom. The van der Waals surface area contributed by atoms with Crippen molar-refractivity contribution in [2.75, 3.05) is 18.8 Å². The van der Waals surface area contributed by atoms with Crippen LogP contribution >= 0.6 is 0 Å². The fourth-order valence-corrected chi connectivity index (χ4v) is 2.46. The number of carboxylic acid groups (broad SMARTS) is 1. The number of rotatable bonds is 3. The van der Waals surface area contributed by atoms with Crippen LogP contribution in [0.15, 0.2) is 18.6 Å². The van der Waals surface area contributed by atoms with E-state index < -0.39 is 11.6 Å². The molecular formula is C16H20N6O4. The van der Waals surface area contributed by atoms with Crippen LogP contribution in [0.2, 0.25) is 0 Å². The number of hydrogen-bond acceptors (Lipinski definition) is 7. The van der Waals surface area contributed by atoms with Gasteiger partial charge in [0.2, 0.25) is 0 Å². The first-order valence-electron chi connectivity index (χ1n) is 8.02. The van der Waals surface area contributed by atoms with Gasteiger partial charge >= 0.3 is 12.1 Å². The van der Waals surface area contributed by atoms with E-state index in [0.717, 1.165) is 0 Å². The summed E-state index contributed by atoms with van der Waals surface area (Å²) < 4.78 is 7.04. The summed E-state index contributed by atoms with van der Waals surface area (Å²) in [5.41, 5.74) is 5.68. The average Bonchev–Trinajstić information content (AvgIpc) is 2.93. The Morgan fingerprint density at radius 1 is 1.31 bits per heavy atom. The van der Waals surface area contributed by atoms with Crippen LogP contribution < -0.4 is 5.73 Å². The number of amides is 1. The second-order valence-corrected chi connectivity index (χ2v) is 7.04. The van der Waals surface area contributed by atoms with Crippen molar-refractivity contribution in [3.63, 3.8) is 0 Å². The maximum Gasteiger partial charge on any atom is 0.410 e. The van der Waals surface area contributed by atoms with Crippen molar-refractivity contribution in [1.82, 2.24) is 24.6 Å².